The SMILES string of the molecule is O=C(N/N=C/c1ccc(Br)c([N+](=O)[O-])c1)c1ccc(Cl)cc1. The molecule has 0 spiro atoms. The molecule has 0 unspecified atom stereocenters. The number of carbonyl (C=O) groups is 1. The van der Waals surface area contributed by atoms with Gasteiger partial charge in [0.1, 0.15) is 0 Å². The van der Waals surface area contributed by atoms with Crippen LogP contribution in [0.1, 0.15) is 15.9 Å². The Bertz CT molecular complexity index is 747. The zero-order valence-electron chi connectivity index (χ0n) is 11.0. The molecule has 0 aliphatic rings. The Hall–Kier alpha value is -2.25. The van der Waals surface area contributed by atoms with Crippen molar-refractivity contribution in [3.05, 3.63) is 73.2 Å². The summed E-state index contributed by atoms with van der Waals surface area (Å²) in [5.74, 6) is -0.403. The molecule has 1 amide bonds. The molecule has 2 aromatic carbocycles. The molecule has 22 heavy (non-hydrogen) atoms. The summed E-state index contributed by atoms with van der Waals surface area (Å²) in [7, 11) is 0. The maximum absolute atomic E-state index is 11.8. The Kier molecular flexibility index (Phi) is 5.24. The number of nitrogens with zero attached hydrogens (tertiary/aromatic N) is 2. The Morgan fingerprint density at radius 2 is 1.95 bits per heavy atom. The molecule has 2 aromatic rings. The Balaban J connectivity index is 2.06. The molecule has 6 nitrogen and oxygen atoms in total. The van der Waals surface area contributed by atoms with Crippen molar-refractivity contribution in [1.29, 1.82) is 0 Å². The number of benzene rings is 2. The van der Waals surface area contributed by atoms with Crippen molar-refractivity contribution < 1.29 is 9.72 Å². The fraction of sp³-hybridized carbons (Fsp3) is 0. The number of nitro benzene ring substituents is 1. The number of hydrogen-bond donors (Lipinski definition) is 1. The lowest BCUT2D eigenvalue weighted by atomic mass is 10.2. The highest BCUT2D eigenvalue weighted by atomic mass is 79.9. The molecule has 0 fully saturated rings. The summed E-state index contributed by atoms with van der Waals surface area (Å²) >= 11 is 8.83. The van der Waals surface area contributed by atoms with Gasteiger partial charge in [-0.1, -0.05) is 17.7 Å². The van der Waals surface area contributed by atoms with Gasteiger partial charge in [0.25, 0.3) is 11.6 Å². The van der Waals surface area contributed by atoms with Crippen molar-refractivity contribution >= 4 is 45.3 Å². The largest absolute Gasteiger partial charge is 0.284 e. The summed E-state index contributed by atoms with van der Waals surface area (Å²) in [6.07, 6.45) is 1.33. The van der Waals surface area contributed by atoms with E-state index in [0.717, 1.165) is 0 Å². The van der Waals surface area contributed by atoms with E-state index in [1.54, 1.807) is 36.4 Å². The van der Waals surface area contributed by atoms with Crippen molar-refractivity contribution in [2.45, 2.75) is 0 Å². The van der Waals surface area contributed by atoms with Crippen LogP contribution in [-0.4, -0.2) is 17.0 Å². The van der Waals surface area contributed by atoms with Crippen LogP contribution in [0.2, 0.25) is 5.02 Å². The van der Waals surface area contributed by atoms with Gasteiger partial charge < -0.3 is 0 Å². The van der Waals surface area contributed by atoms with Gasteiger partial charge in [0.2, 0.25) is 0 Å². The van der Waals surface area contributed by atoms with E-state index in [1.807, 2.05) is 0 Å². The molecule has 0 bridgehead atoms. The van der Waals surface area contributed by atoms with E-state index in [2.05, 4.69) is 26.5 Å². The molecule has 2 rings (SSSR count). The summed E-state index contributed by atoms with van der Waals surface area (Å²) in [4.78, 5) is 22.1. The zero-order valence-corrected chi connectivity index (χ0v) is 13.3. The van der Waals surface area contributed by atoms with Gasteiger partial charge in [0.05, 0.1) is 15.6 Å². The van der Waals surface area contributed by atoms with E-state index in [0.29, 0.717) is 20.6 Å². The molecule has 0 radical (unpaired) electrons. The maximum Gasteiger partial charge on any atom is 0.284 e. The molecular weight excluding hydrogens is 374 g/mol. The van der Waals surface area contributed by atoms with Gasteiger partial charge >= 0.3 is 0 Å². The van der Waals surface area contributed by atoms with Gasteiger partial charge in [0.15, 0.2) is 0 Å². The Labute approximate surface area is 139 Å². The summed E-state index contributed by atoms with van der Waals surface area (Å²) < 4.78 is 0.375. The smallest absolute Gasteiger partial charge is 0.267 e. The summed E-state index contributed by atoms with van der Waals surface area (Å²) in [5, 5.41) is 15.1. The number of rotatable bonds is 4. The van der Waals surface area contributed by atoms with Crippen molar-refractivity contribution in [1.82, 2.24) is 5.43 Å². The van der Waals surface area contributed by atoms with E-state index < -0.39 is 10.8 Å². The number of hydrogen-bond acceptors (Lipinski definition) is 4. The van der Waals surface area contributed by atoms with Crippen LogP contribution in [0.15, 0.2) is 52.0 Å². The van der Waals surface area contributed by atoms with E-state index in [-0.39, 0.29) is 5.69 Å². The van der Waals surface area contributed by atoms with Gasteiger partial charge in [0, 0.05) is 22.2 Å². The monoisotopic (exact) mass is 381 g/mol. The predicted molar refractivity (Wildman–Crippen MR) is 87.3 cm³/mol. The van der Waals surface area contributed by atoms with Crippen molar-refractivity contribution in [2.75, 3.05) is 0 Å². The van der Waals surface area contributed by atoms with Crippen LogP contribution in [0.25, 0.3) is 0 Å². The number of nitrogens with one attached hydrogen (secondary N) is 1. The van der Waals surface area contributed by atoms with E-state index in [9.17, 15) is 14.9 Å². The second kappa shape index (κ2) is 7.15. The lowest BCUT2D eigenvalue weighted by Gasteiger charge is -2.00. The van der Waals surface area contributed by atoms with Gasteiger partial charge in [-0.05, 0) is 46.3 Å². The van der Waals surface area contributed by atoms with Gasteiger partial charge in [-0.25, -0.2) is 5.43 Å². The molecule has 112 valence electrons. The molecule has 0 saturated heterocycles. The van der Waals surface area contributed by atoms with E-state index in [1.165, 1.54) is 12.3 Å². The number of nitro groups is 1. The molecule has 0 saturated carbocycles. The fourth-order valence-corrected chi connectivity index (χ4v) is 2.10. The van der Waals surface area contributed by atoms with Crippen LogP contribution in [0, 0.1) is 10.1 Å². The second-order valence-electron chi connectivity index (χ2n) is 4.17. The average Bonchev–Trinajstić information content (AvgIpc) is 2.49. The van der Waals surface area contributed by atoms with Gasteiger partial charge in [-0.2, -0.15) is 5.10 Å². The minimum atomic E-state index is -0.506. The normalized spacial score (nSPS) is 10.6. The first-order valence-electron chi connectivity index (χ1n) is 6.00. The third-order valence-electron chi connectivity index (χ3n) is 2.65. The second-order valence-corrected chi connectivity index (χ2v) is 5.46. The summed E-state index contributed by atoms with van der Waals surface area (Å²) in [6, 6.07) is 10.9. The topological polar surface area (TPSA) is 84.6 Å². The molecule has 0 aliphatic heterocycles. The predicted octanol–water partition coefficient (Wildman–Crippen LogP) is 3.77. The van der Waals surface area contributed by atoms with E-state index >= 15 is 0 Å². The van der Waals surface area contributed by atoms with Gasteiger partial charge in [-0.3, -0.25) is 14.9 Å². The number of amides is 1. The summed E-state index contributed by atoms with van der Waals surface area (Å²) in [6.45, 7) is 0. The standard InChI is InChI=1S/C14H9BrClN3O3/c15-12-6-1-9(7-13(12)19(21)22)8-17-18-14(20)10-2-4-11(16)5-3-10/h1-8H,(H,18,20)/b17-8+. The molecule has 0 heterocycles. The van der Waals surface area contributed by atoms with E-state index in [4.69, 9.17) is 11.6 Å². The van der Waals surface area contributed by atoms with Crippen molar-refractivity contribution in [3.63, 3.8) is 0 Å². The van der Waals surface area contributed by atoms with Crippen LogP contribution in [-0.2, 0) is 0 Å². The fourth-order valence-electron chi connectivity index (χ4n) is 1.58. The van der Waals surface area contributed by atoms with Crippen LogP contribution in [0.4, 0.5) is 5.69 Å². The number of halogens is 2. The lowest BCUT2D eigenvalue weighted by Crippen LogP contribution is -2.17. The first kappa shape index (κ1) is 16.1. The first-order valence-corrected chi connectivity index (χ1v) is 7.17. The van der Waals surface area contributed by atoms with Gasteiger partial charge in [-0.15, -0.1) is 0 Å². The third-order valence-corrected chi connectivity index (χ3v) is 3.58. The molecule has 8 heteroatoms. The number of hydrazone groups is 1. The van der Waals surface area contributed by atoms with Crippen LogP contribution < -0.4 is 5.43 Å². The molecule has 0 atom stereocenters. The van der Waals surface area contributed by atoms with Crippen LogP contribution >= 0.6 is 27.5 Å². The zero-order chi connectivity index (χ0) is 16.1. The maximum atomic E-state index is 11.8. The minimum Gasteiger partial charge on any atom is -0.267 e. The highest BCUT2D eigenvalue weighted by Gasteiger charge is 2.11. The molecule has 0 aromatic heterocycles. The highest BCUT2D eigenvalue weighted by molar-refractivity contribution is 9.10. The Morgan fingerprint density at radius 1 is 1.27 bits per heavy atom. The molecule has 0 aliphatic carbocycles. The molecule has 1 N–H and O–H groups in total. The molecular formula is C14H9BrClN3O3. The first-order chi connectivity index (χ1) is 10.5. The van der Waals surface area contributed by atoms with Crippen LogP contribution in [0.3, 0.4) is 0 Å². The average molecular weight is 383 g/mol. The third kappa shape index (κ3) is 4.12. The van der Waals surface area contributed by atoms with Crippen LogP contribution in [0.5, 0.6) is 0 Å². The lowest BCUT2D eigenvalue weighted by molar-refractivity contribution is -0.385. The highest BCUT2D eigenvalue weighted by Crippen LogP contribution is 2.24. The summed E-state index contributed by atoms with van der Waals surface area (Å²) in [5.41, 5.74) is 3.16. The Morgan fingerprint density at radius 3 is 2.59 bits per heavy atom. The van der Waals surface area contributed by atoms with Crippen molar-refractivity contribution in [3.8, 4) is 0 Å². The quantitative estimate of drug-likeness (QED) is 0.496. The minimum absolute atomic E-state index is 0.0759. The number of carbonyl (C=O) groups excluding carboxylic acids is 1. The van der Waals surface area contributed by atoms with Crippen molar-refractivity contribution in [2.24, 2.45) is 5.10 Å².